The molecule has 12 heteroatoms. The van der Waals surface area contributed by atoms with Gasteiger partial charge in [0.15, 0.2) is 24.6 Å². The van der Waals surface area contributed by atoms with E-state index in [4.69, 9.17) is 23.7 Å². The van der Waals surface area contributed by atoms with Crippen LogP contribution in [0.5, 0.6) is 0 Å². The maximum absolute atomic E-state index is 13.2. The van der Waals surface area contributed by atoms with Gasteiger partial charge < -0.3 is 39.0 Å². The highest BCUT2D eigenvalue weighted by Gasteiger charge is 2.50. The van der Waals surface area contributed by atoms with E-state index in [1.54, 1.807) is 0 Å². The Balaban J connectivity index is 2.69. The van der Waals surface area contributed by atoms with Crippen LogP contribution in [0.15, 0.2) is 85.1 Å². The molecular weight excluding hydrogens is 973 g/mol. The van der Waals surface area contributed by atoms with Crippen molar-refractivity contribution in [3.05, 3.63) is 85.1 Å². The third-order valence-corrected chi connectivity index (χ3v) is 13.4. The van der Waals surface area contributed by atoms with Crippen LogP contribution in [0.25, 0.3) is 0 Å². The first kappa shape index (κ1) is 70.9. The van der Waals surface area contributed by atoms with Gasteiger partial charge in [0, 0.05) is 19.3 Å². The quantitative estimate of drug-likeness (QED) is 0.0228. The summed E-state index contributed by atoms with van der Waals surface area (Å²) in [6.45, 7) is 5.77. The van der Waals surface area contributed by atoms with Gasteiger partial charge in [-0.1, -0.05) is 209 Å². The molecule has 12 nitrogen and oxygen atoms in total. The fourth-order valence-electron chi connectivity index (χ4n) is 8.74. The first-order valence-corrected chi connectivity index (χ1v) is 30.6. The number of unbranched alkanes of at least 4 members (excludes halogenated alkanes) is 23. The molecule has 6 unspecified atom stereocenters. The molecule has 0 spiro atoms. The van der Waals surface area contributed by atoms with Crippen LogP contribution in [0.2, 0.25) is 0 Å². The fourth-order valence-corrected chi connectivity index (χ4v) is 8.74. The Morgan fingerprint density at radius 3 is 1.30 bits per heavy atom. The summed E-state index contributed by atoms with van der Waals surface area (Å²) in [5.74, 6) is -3.17. The van der Waals surface area contributed by atoms with Crippen molar-refractivity contribution in [1.82, 2.24) is 0 Å². The normalized spacial score (nSPS) is 18.6. The lowest BCUT2D eigenvalue weighted by Gasteiger charge is -2.40. The van der Waals surface area contributed by atoms with E-state index in [0.717, 1.165) is 135 Å². The minimum atomic E-state index is -1.91. The van der Waals surface area contributed by atoms with Crippen LogP contribution in [0, 0.1) is 0 Å². The molecule has 3 N–H and O–H groups in total. The molecule has 0 bridgehead atoms. The highest BCUT2D eigenvalue weighted by atomic mass is 16.7. The van der Waals surface area contributed by atoms with Gasteiger partial charge >= 0.3 is 23.9 Å². The van der Waals surface area contributed by atoms with E-state index >= 15 is 0 Å². The van der Waals surface area contributed by atoms with Gasteiger partial charge in [0.25, 0.3) is 0 Å². The van der Waals surface area contributed by atoms with Gasteiger partial charge in [-0.2, -0.15) is 0 Å². The average molecular weight is 1080 g/mol. The second kappa shape index (κ2) is 52.6. The van der Waals surface area contributed by atoms with Crippen molar-refractivity contribution >= 4 is 23.9 Å². The number of carbonyl (C=O) groups excluding carboxylic acids is 3. The standard InChI is InChI=1S/C65H108O12/c1-4-7-10-13-16-19-22-25-27-28-29-30-32-34-36-39-42-45-48-51-57(66)73-54-56(75-58(67)52-49-46-43-40-38-35-31-26-23-20-17-14-11-8-5-2)55-74-65-63(61(70)60(69)62(77-65)64(71)72)76-59(68)53-50-47-44-41-37-33-24-21-18-15-12-9-6-3/h8,11-12,15-17,19-21,24-27,31,56,60-63,65,69-70H,4-7,9-10,13-14,18,22-23,28-30,32-55H2,1-3H3,(H,71,72)/b11-8-,15-12-,19-16-,20-17-,24-21-,27-25-,31-26-. The molecule has 1 heterocycles. The Bertz CT molecular complexity index is 1660. The van der Waals surface area contributed by atoms with Gasteiger partial charge in [0.1, 0.15) is 18.8 Å². The summed E-state index contributed by atoms with van der Waals surface area (Å²) in [5.41, 5.74) is 0. The monoisotopic (exact) mass is 1080 g/mol. The Morgan fingerprint density at radius 2 is 0.844 bits per heavy atom. The van der Waals surface area contributed by atoms with E-state index in [9.17, 15) is 34.5 Å². The summed E-state index contributed by atoms with van der Waals surface area (Å²) in [5, 5.41) is 31.5. The lowest BCUT2D eigenvalue weighted by molar-refractivity contribution is -0.301. The number of aliphatic hydroxyl groups is 2. The second-order valence-corrected chi connectivity index (χ2v) is 20.6. The highest BCUT2D eigenvalue weighted by molar-refractivity contribution is 5.74. The Labute approximate surface area is 467 Å². The maximum atomic E-state index is 13.2. The minimum absolute atomic E-state index is 0.0390. The van der Waals surface area contributed by atoms with Crippen molar-refractivity contribution in [3.63, 3.8) is 0 Å². The number of aliphatic carboxylic acids is 1. The van der Waals surface area contributed by atoms with Crippen molar-refractivity contribution < 1.29 is 58.2 Å². The van der Waals surface area contributed by atoms with Gasteiger partial charge in [0.2, 0.25) is 0 Å². The predicted octanol–water partition coefficient (Wildman–Crippen LogP) is 15.9. The first-order valence-electron chi connectivity index (χ1n) is 30.6. The zero-order chi connectivity index (χ0) is 56.1. The molecule has 6 atom stereocenters. The van der Waals surface area contributed by atoms with E-state index in [0.29, 0.717) is 19.3 Å². The lowest BCUT2D eigenvalue weighted by Crippen LogP contribution is -2.61. The van der Waals surface area contributed by atoms with Crippen LogP contribution in [0.4, 0.5) is 0 Å². The summed E-state index contributed by atoms with van der Waals surface area (Å²) in [6.07, 6.45) is 55.5. The molecule has 0 saturated carbocycles. The third-order valence-electron chi connectivity index (χ3n) is 13.4. The van der Waals surface area contributed by atoms with E-state index < -0.39 is 67.3 Å². The molecule has 0 aromatic carbocycles. The Morgan fingerprint density at radius 1 is 0.442 bits per heavy atom. The maximum Gasteiger partial charge on any atom is 0.335 e. The third kappa shape index (κ3) is 42.5. The first-order chi connectivity index (χ1) is 37.6. The van der Waals surface area contributed by atoms with E-state index in [1.165, 1.54) is 57.8 Å². The zero-order valence-electron chi connectivity index (χ0n) is 48.4. The van der Waals surface area contributed by atoms with Crippen molar-refractivity contribution in [2.75, 3.05) is 13.2 Å². The molecule has 1 fully saturated rings. The van der Waals surface area contributed by atoms with Gasteiger partial charge in [0.05, 0.1) is 6.61 Å². The summed E-state index contributed by atoms with van der Waals surface area (Å²) < 4.78 is 28.4. The largest absolute Gasteiger partial charge is 0.479 e. The molecule has 0 amide bonds. The molecule has 1 rings (SSSR count). The van der Waals surface area contributed by atoms with E-state index in [-0.39, 0.29) is 25.9 Å². The fraction of sp³-hybridized carbons (Fsp3) is 0.723. The number of allylic oxidation sites excluding steroid dienone is 14. The van der Waals surface area contributed by atoms with Crippen LogP contribution >= 0.6 is 0 Å². The van der Waals surface area contributed by atoms with Gasteiger partial charge in [-0.15, -0.1) is 0 Å². The van der Waals surface area contributed by atoms with Crippen molar-refractivity contribution in [3.8, 4) is 0 Å². The highest BCUT2D eigenvalue weighted by Crippen LogP contribution is 2.26. The Hall–Kier alpha value is -4.10. The molecule has 1 aliphatic rings. The number of hydrogen-bond donors (Lipinski definition) is 3. The molecule has 77 heavy (non-hydrogen) atoms. The lowest BCUT2D eigenvalue weighted by atomic mass is 9.98. The summed E-state index contributed by atoms with van der Waals surface area (Å²) in [4.78, 5) is 51.2. The van der Waals surface area contributed by atoms with Gasteiger partial charge in [-0.3, -0.25) is 14.4 Å². The molecule has 0 aromatic heterocycles. The smallest absolute Gasteiger partial charge is 0.335 e. The van der Waals surface area contributed by atoms with Crippen LogP contribution < -0.4 is 0 Å². The topological polar surface area (TPSA) is 175 Å². The van der Waals surface area contributed by atoms with Crippen LogP contribution in [0.3, 0.4) is 0 Å². The van der Waals surface area contributed by atoms with Crippen molar-refractivity contribution in [1.29, 1.82) is 0 Å². The number of rotatable bonds is 51. The van der Waals surface area contributed by atoms with E-state index in [1.807, 2.05) is 0 Å². The van der Waals surface area contributed by atoms with Crippen LogP contribution in [0.1, 0.15) is 252 Å². The Kier molecular flexibility index (Phi) is 48.4. The molecule has 1 saturated heterocycles. The van der Waals surface area contributed by atoms with Gasteiger partial charge in [-0.05, 0) is 109 Å². The second-order valence-electron chi connectivity index (χ2n) is 20.6. The van der Waals surface area contributed by atoms with E-state index in [2.05, 4.69) is 106 Å². The van der Waals surface area contributed by atoms with Gasteiger partial charge in [-0.25, -0.2) is 4.79 Å². The summed E-state index contributed by atoms with van der Waals surface area (Å²) in [7, 11) is 0. The number of esters is 3. The molecule has 1 aliphatic heterocycles. The van der Waals surface area contributed by atoms with Crippen molar-refractivity contribution in [2.24, 2.45) is 0 Å². The molecule has 0 aliphatic carbocycles. The van der Waals surface area contributed by atoms with Crippen molar-refractivity contribution in [2.45, 2.75) is 289 Å². The van der Waals surface area contributed by atoms with Crippen LogP contribution in [-0.4, -0.2) is 89.2 Å². The molecule has 0 radical (unpaired) electrons. The van der Waals surface area contributed by atoms with Crippen LogP contribution in [-0.2, 0) is 42.9 Å². The summed E-state index contributed by atoms with van der Waals surface area (Å²) >= 11 is 0. The number of ether oxygens (including phenoxy) is 5. The minimum Gasteiger partial charge on any atom is -0.479 e. The zero-order valence-corrected chi connectivity index (χ0v) is 48.4. The number of hydrogen-bond acceptors (Lipinski definition) is 11. The average Bonchev–Trinajstić information content (AvgIpc) is 3.41. The molecule has 0 aromatic rings. The number of aliphatic hydroxyl groups excluding tert-OH is 2. The molecular formula is C65H108O12. The SMILES string of the molecule is CC/C=C\C/C=C\C/C=C\CCCCCCCC(=O)OC(COC(=O)CCCCCCCCCCC/C=C\C/C=C\CCCCC)COC1OC(C(=O)O)C(O)C(O)C1OC(=O)CCCCCCC/C=C\C/C=C\CCC. The molecule has 440 valence electrons. The number of carboxylic acids is 1. The number of carboxylic acid groups (broad SMARTS) is 1. The predicted molar refractivity (Wildman–Crippen MR) is 312 cm³/mol. The summed E-state index contributed by atoms with van der Waals surface area (Å²) in [6, 6.07) is 0. The number of carbonyl (C=O) groups is 4.